The van der Waals surface area contributed by atoms with Crippen LogP contribution in [0.15, 0.2) is 0 Å². The van der Waals surface area contributed by atoms with Gasteiger partial charge in [-0.1, -0.05) is 0 Å². The first-order valence-electron chi connectivity index (χ1n) is 4.76. The fraction of sp³-hybridized carbons (Fsp3) is 0.600. The number of hydrogen-bond donors (Lipinski definition) is 2. The zero-order valence-corrected chi connectivity index (χ0v) is 8.89. The highest BCUT2D eigenvalue weighted by molar-refractivity contribution is 5.22. The van der Waals surface area contributed by atoms with Crippen molar-refractivity contribution < 1.29 is 0 Å². The predicted octanol–water partition coefficient (Wildman–Crippen LogP) is 1.28. The zero-order valence-electron chi connectivity index (χ0n) is 8.89. The molecule has 0 saturated heterocycles. The van der Waals surface area contributed by atoms with E-state index in [-0.39, 0.29) is 5.92 Å². The summed E-state index contributed by atoms with van der Waals surface area (Å²) in [6.45, 7) is 7.39. The van der Waals surface area contributed by atoms with Gasteiger partial charge in [0.2, 0.25) is 0 Å². The molecule has 0 bridgehead atoms. The molecule has 0 radical (unpaired) electrons. The molecule has 1 rings (SSSR count). The van der Waals surface area contributed by atoms with Crippen LogP contribution < -0.4 is 5.32 Å². The van der Waals surface area contributed by atoms with Crippen LogP contribution in [0.1, 0.15) is 23.9 Å². The van der Waals surface area contributed by atoms with Gasteiger partial charge in [-0.05, 0) is 20.8 Å². The van der Waals surface area contributed by atoms with E-state index in [2.05, 4.69) is 21.6 Å². The van der Waals surface area contributed by atoms with E-state index in [1.165, 1.54) is 5.56 Å². The number of nitrogens with one attached hydrogen (secondary N) is 2. The summed E-state index contributed by atoms with van der Waals surface area (Å²) in [7, 11) is 0. The van der Waals surface area contributed by atoms with Crippen LogP contribution in [0.5, 0.6) is 0 Å². The first kappa shape index (κ1) is 10.7. The first-order valence-corrected chi connectivity index (χ1v) is 4.76. The molecule has 1 unspecified atom stereocenters. The van der Waals surface area contributed by atoms with E-state index in [0.717, 1.165) is 24.5 Å². The van der Waals surface area contributed by atoms with E-state index in [4.69, 9.17) is 5.26 Å². The summed E-state index contributed by atoms with van der Waals surface area (Å²) in [5.41, 5.74) is 3.33. The number of nitrogens with zero attached hydrogens (tertiary/aromatic N) is 2. The van der Waals surface area contributed by atoms with E-state index in [0.29, 0.717) is 0 Å². The van der Waals surface area contributed by atoms with Crippen LogP contribution in [-0.4, -0.2) is 16.7 Å². The van der Waals surface area contributed by atoms with Gasteiger partial charge < -0.3 is 5.32 Å². The van der Waals surface area contributed by atoms with Gasteiger partial charge in [-0.3, -0.25) is 5.10 Å². The molecule has 1 aromatic rings. The molecule has 0 aromatic carbocycles. The Labute approximate surface area is 84.3 Å². The summed E-state index contributed by atoms with van der Waals surface area (Å²) < 4.78 is 0. The highest BCUT2D eigenvalue weighted by atomic mass is 15.1. The van der Waals surface area contributed by atoms with Gasteiger partial charge in [0.1, 0.15) is 0 Å². The van der Waals surface area contributed by atoms with Gasteiger partial charge in [0.05, 0.1) is 17.7 Å². The van der Waals surface area contributed by atoms with Gasteiger partial charge >= 0.3 is 0 Å². The molecule has 0 amide bonds. The van der Waals surface area contributed by atoms with Gasteiger partial charge in [-0.25, -0.2) is 0 Å². The summed E-state index contributed by atoms with van der Waals surface area (Å²) >= 11 is 0. The average molecular weight is 192 g/mol. The topological polar surface area (TPSA) is 64.5 Å². The molecule has 0 saturated carbocycles. The standard InChI is InChI=1S/C10H16N4/c1-7(4-11)5-12-6-10-8(2)13-14-9(10)3/h7,12H,5-6H2,1-3H3,(H,13,14). The zero-order chi connectivity index (χ0) is 10.6. The number of nitriles is 1. The third-order valence-electron chi connectivity index (χ3n) is 2.25. The maximum Gasteiger partial charge on any atom is 0.0666 e. The van der Waals surface area contributed by atoms with Gasteiger partial charge in [0, 0.05) is 24.3 Å². The minimum atomic E-state index is 0.0579. The van der Waals surface area contributed by atoms with Crippen molar-refractivity contribution in [3.63, 3.8) is 0 Å². The van der Waals surface area contributed by atoms with E-state index in [1.54, 1.807) is 0 Å². The van der Waals surface area contributed by atoms with E-state index >= 15 is 0 Å². The maximum absolute atomic E-state index is 8.59. The quantitative estimate of drug-likeness (QED) is 0.755. The maximum atomic E-state index is 8.59. The molecular weight excluding hydrogens is 176 g/mol. The second-order valence-corrected chi connectivity index (χ2v) is 3.57. The lowest BCUT2D eigenvalue weighted by molar-refractivity contribution is 0.599. The van der Waals surface area contributed by atoms with Crippen molar-refractivity contribution in [2.45, 2.75) is 27.3 Å². The molecule has 76 valence electrons. The Balaban J connectivity index is 2.43. The minimum Gasteiger partial charge on any atom is -0.311 e. The van der Waals surface area contributed by atoms with Crippen molar-refractivity contribution >= 4 is 0 Å². The summed E-state index contributed by atoms with van der Waals surface area (Å²) in [6.07, 6.45) is 0. The largest absolute Gasteiger partial charge is 0.311 e. The van der Waals surface area contributed by atoms with Crippen LogP contribution in [0, 0.1) is 31.1 Å². The highest BCUT2D eigenvalue weighted by Gasteiger charge is 2.06. The molecule has 0 aliphatic carbocycles. The average Bonchev–Trinajstić information content (AvgIpc) is 2.48. The molecule has 0 spiro atoms. The second kappa shape index (κ2) is 4.77. The van der Waals surface area contributed by atoms with E-state index in [1.807, 2.05) is 20.8 Å². The lowest BCUT2D eigenvalue weighted by Crippen LogP contribution is -2.20. The van der Waals surface area contributed by atoms with Gasteiger partial charge in [-0.2, -0.15) is 10.4 Å². The fourth-order valence-electron chi connectivity index (χ4n) is 1.29. The number of hydrogen-bond acceptors (Lipinski definition) is 3. The number of H-pyrrole nitrogens is 1. The van der Waals surface area contributed by atoms with Gasteiger partial charge in [-0.15, -0.1) is 0 Å². The third kappa shape index (κ3) is 2.57. The van der Waals surface area contributed by atoms with Crippen molar-refractivity contribution in [2.24, 2.45) is 5.92 Å². The monoisotopic (exact) mass is 192 g/mol. The third-order valence-corrected chi connectivity index (χ3v) is 2.25. The minimum absolute atomic E-state index is 0.0579. The number of aromatic amines is 1. The summed E-state index contributed by atoms with van der Waals surface area (Å²) in [4.78, 5) is 0. The predicted molar refractivity (Wildman–Crippen MR) is 54.5 cm³/mol. The van der Waals surface area contributed by atoms with Crippen molar-refractivity contribution in [3.05, 3.63) is 17.0 Å². The summed E-state index contributed by atoms with van der Waals surface area (Å²) in [5, 5.41) is 18.9. The van der Waals surface area contributed by atoms with Crippen LogP contribution in [0.2, 0.25) is 0 Å². The lowest BCUT2D eigenvalue weighted by Gasteiger charge is -2.05. The second-order valence-electron chi connectivity index (χ2n) is 3.57. The number of aromatic nitrogens is 2. The van der Waals surface area contributed by atoms with Gasteiger partial charge in [0.25, 0.3) is 0 Å². The smallest absolute Gasteiger partial charge is 0.0666 e. The molecule has 4 nitrogen and oxygen atoms in total. The Morgan fingerprint density at radius 2 is 2.29 bits per heavy atom. The van der Waals surface area contributed by atoms with Crippen LogP contribution in [0.4, 0.5) is 0 Å². The molecular formula is C10H16N4. The van der Waals surface area contributed by atoms with E-state index < -0.39 is 0 Å². The molecule has 1 heterocycles. The first-order chi connectivity index (χ1) is 6.65. The molecule has 0 aliphatic rings. The lowest BCUT2D eigenvalue weighted by atomic mass is 10.2. The van der Waals surface area contributed by atoms with Crippen LogP contribution in [0.3, 0.4) is 0 Å². The molecule has 1 aromatic heterocycles. The van der Waals surface area contributed by atoms with Gasteiger partial charge in [0.15, 0.2) is 0 Å². The summed E-state index contributed by atoms with van der Waals surface area (Å²) in [6, 6.07) is 2.19. The SMILES string of the molecule is Cc1n[nH]c(C)c1CNCC(C)C#N. The van der Waals surface area contributed by atoms with Crippen molar-refractivity contribution in [2.75, 3.05) is 6.54 Å². The Bertz CT molecular complexity index is 315. The van der Waals surface area contributed by atoms with E-state index in [9.17, 15) is 0 Å². The highest BCUT2D eigenvalue weighted by Crippen LogP contribution is 2.08. The molecule has 2 N–H and O–H groups in total. The molecule has 0 fully saturated rings. The Morgan fingerprint density at radius 1 is 1.57 bits per heavy atom. The molecule has 4 heteroatoms. The van der Waals surface area contributed by atoms with Crippen LogP contribution in [-0.2, 0) is 6.54 Å². The van der Waals surface area contributed by atoms with Crippen molar-refractivity contribution in [1.82, 2.24) is 15.5 Å². The van der Waals surface area contributed by atoms with Crippen LogP contribution >= 0.6 is 0 Å². The Hall–Kier alpha value is -1.34. The number of rotatable bonds is 4. The number of aryl methyl sites for hydroxylation is 2. The fourth-order valence-corrected chi connectivity index (χ4v) is 1.29. The van der Waals surface area contributed by atoms with Crippen molar-refractivity contribution in [3.8, 4) is 6.07 Å². The Kier molecular flexibility index (Phi) is 3.66. The van der Waals surface area contributed by atoms with Crippen LogP contribution in [0.25, 0.3) is 0 Å². The normalized spacial score (nSPS) is 12.4. The summed E-state index contributed by atoms with van der Waals surface area (Å²) in [5.74, 6) is 0.0579. The van der Waals surface area contributed by atoms with Crippen molar-refractivity contribution in [1.29, 1.82) is 5.26 Å². The molecule has 14 heavy (non-hydrogen) atoms. The molecule has 0 aliphatic heterocycles. The molecule has 1 atom stereocenters. The Morgan fingerprint density at radius 3 is 2.79 bits per heavy atom.